The van der Waals surface area contributed by atoms with Gasteiger partial charge in [0, 0.05) is 20.0 Å². The highest BCUT2D eigenvalue weighted by Crippen LogP contribution is 2.32. The van der Waals surface area contributed by atoms with E-state index in [2.05, 4.69) is 88.6 Å². The molecule has 23 heavy (non-hydrogen) atoms. The van der Waals surface area contributed by atoms with Crippen molar-refractivity contribution in [1.82, 2.24) is 4.98 Å². The first-order valence-electron chi connectivity index (χ1n) is 7.11. The van der Waals surface area contributed by atoms with E-state index in [1.54, 1.807) is 0 Å². The molecule has 0 saturated heterocycles. The van der Waals surface area contributed by atoms with Gasteiger partial charge in [0.25, 0.3) is 0 Å². The topological polar surface area (TPSA) is 24.9 Å². The Morgan fingerprint density at radius 2 is 1.22 bits per heavy atom. The number of halogens is 2. The second-order valence-electron chi connectivity index (χ2n) is 5.15. The quantitative estimate of drug-likeness (QED) is 0.303. The summed E-state index contributed by atoms with van der Waals surface area (Å²) in [6, 6.07) is 24.9. The molecule has 3 aromatic carbocycles. The van der Waals surface area contributed by atoms with Gasteiger partial charge in [0.1, 0.15) is 0 Å². The average molecular weight is 433 g/mol. The van der Waals surface area contributed by atoms with Crippen molar-refractivity contribution in [1.29, 1.82) is 0 Å². The molecule has 4 rings (SSSR count). The summed E-state index contributed by atoms with van der Waals surface area (Å²) in [5.41, 5.74) is 4.22. The Morgan fingerprint density at radius 1 is 0.696 bits per heavy atom. The van der Waals surface area contributed by atoms with Crippen LogP contribution in [-0.4, -0.2) is 4.98 Å². The van der Waals surface area contributed by atoms with Crippen molar-refractivity contribution in [3.63, 3.8) is 0 Å². The van der Waals surface area contributed by atoms with Crippen LogP contribution >= 0.6 is 35.0 Å². The molecular formula is C19H14ClIN2. The van der Waals surface area contributed by atoms with Crippen molar-refractivity contribution in [2.75, 3.05) is 5.32 Å². The molecule has 0 fully saturated rings. The maximum absolute atomic E-state index is 4.75. The zero-order chi connectivity index (χ0) is 14.9. The lowest BCUT2D eigenvalue weighted by atomic mass is 10.1. The highest BCUT2D eigenvalue weighted by atomic mass is 127. The second-order valence-corrected chi connectivity index (χ2v) is 6.40. The van der Waals surface area contributed by atoms with E-state index >= 15 is 0 Å². The minimum absolute atomic E-state index is 0. The molecule has 114 valence electrons. The second kappa shape index (κ2) is 6.72. The van der Waals surface area contributed by atoms with Crippen LogP contribution in [0.5, 0.6) is 0 Å². The monoisotopic (exact) mass is 432 g/mol. The van der Waals surface area contributed by atoms with Gasteiger partial charge in [0.15, 0.2) is 0 Å². The third-order valence-corrected chi connectivity index (χ3v) is 4.42. The van der Waals surface area contributed by atoms with Crippen molar-refractivity contribution in [3.8, 4) is 0 Å². The SMILES string of the molecule is Cl.Ic1ccc(Nc2c3ccccc3nc3ccccc23)cc1. The summed E-state index contributed by atoms with van der Waals surface area (Å²) in [5, 5.41) is 5.85. The van der Waals surface area contributed by atoms with Gasteiger partial charge in [-0.1, -0.05) is 36.4 Å². The van der Waals surface area contributed by atoms with E-state index in [4.69, 9.17) is 4.98 Å². The molecule has 0 radical (unpaired) electrons. The van der Waals surface area contributed by atoms with E-state index in [0.717, 1.165) is 33.2 Å². The molecule has 0 unspecified atom stereocenters. The lowest BCUT2D eigenvalue weighted by Gasteiger charge is -2.13. The maximum Gasteiger partial charge on any atom is 0.0730 e. The number of para-hydroxylation sites is 2. The number of anilines is 2. The van der Waals surface area contributed by atoms with Crippen LogP contribution in [0.3, 0.4) is 0 Å². The van der Waals surface area contributed by atoms with Gasteiger partial charge in [-0.3, -0.25) is 0 Å². The number of rotatable bonds is 2. The summed E-state index contributed by atoms with van der Waals surface area (Å²) in [7, 11) is 0. The average Bonchev–Trinajstić information content (AvgIpc) is 2.56. The van der Waals surface area contributed by atoms with Crippen LogP contribution < -0.4 is 5.32 Å². The summed E-state index contributed by atoms with van der Waals surface area (Å²) >= 11 is 2.32. The van der Waals surface area contributed by atoms with Crippen LogP contribution in [0.15, 0.2) is 72.8 Å². The fraction of sp³-hybridized carbons (Fsp3) is 0. The number of hydrogen-bond acceptors (Lipinski definition) is 2. The normalized spacial score (nSPS) is 10.5. The molecule has 0 aliphatic rings. The third-order valence-electron chi connectivity index (χ3n) is 3.70. The smallest absolute Gasteiger partial charge is 0.0730 e. The lowest BCUT2D eigenvalue weighted by Crippen LogP contribution is -1.95. The summed E-state index contributed by atoms with van der Waals surface area (Å²) < 4.78 is 1.23. The predicted molar refractivity (Wildman–Crippen MR) is 109 cm³/mol. The van der Waals surface area contributed by atoms with Gasteiger partial charge >= 0.3 is 0 Å². The zero-order valence-corrected chi connectivity index (χ0v) is 15.1. The van der Waals surface area contributed by atoms with Gasteiger partial charge in [-0.2, -0.15) is 0 Å². The fourth-order valence-electron chi connectivity index (χ4n) is 2.65. The Labute approximate surface area is 154 Å². The van der Waals surface area contributed by atoms with E-state index in [-0.39, 0.29) is 12.4 Å². The summed E-state index contributed by atoms with van der Waals surface area (Å²) in [4.78, 5) is 4.75. The molecule has 0 amide bonds. The summed E-state index contributed by atoms with van der Waals surface area (Å²) in [5.74, 6) is 0. The van der Waals surface area contributed by atoms with Crippen LogP contribution in [0.4, 0.5) is 11.4 Å². The van der Waals surface area contributed by atoms with Crippen LogP contribution in [0, 0.1) is 3.57 Å². The minimum atomic E-state index is 0. The van der Waals surface area contributed by atoms with Crippen LogP contribution in [-0.2, 0) is 0 Å². The van der Waals surface area contributed by atoms with Gasteiger partial charge in [-0.05, 0) is 59.0 Å². The van der Waals surface area contributed by atoms with E-state index in [9.17, 15) is 0 Å². The number of nitrogens with one attached hydrogen (secondary N) is 1. The van der Waals surface area contributed by atoms with Crippen LogP contribution in [0.1, 0.15) is 0 Å². The van der Waals surface area contributed by atoms with Crippen molar-refractivity contribution < 1.29 is 0 Å². The standard InChI is InChI=1S/C19H13IN2.ClH/c20-13-9-11-14(12-10-13)21-19-15-5-1-3-7-17(15)22-18-8-4-2-6-16(18)19;/h1-12H,(H,21,22);1H. The molecule has 0 atom stereocenters. The third kappa shape index (κ3) is 3.12. The molecule has 1 heterocycles. The number of hydrogen-bond donors (Lipinski definition) is 1. The Bertz CT molecular complexity index is 914. The summed E-state index contributed by atoms with van der Waals surface area (Å²) in [6.45, 7) is 0. The molecule has 0 bridgehead atoms. The molecule has 2 nitrogen and oxygen atoms in total. The largest absolute Gasteiger partial charge is 0.354 e. The molecule has 1 N–H and O–H groups in total. The molecular weight excluding hydrogens is 419 g/mol. The van der Waals surface area contributed by atoms with Gasteiger partial charge in [0.2, 0.25) is 0 Å². The molecule has 0 aliphatic heterocycles. The van der Waals surface area contributed by atoms with E-state index in [0.29, 0.717) is 0 Å². The summed E-state index contributed by atoms with van der Waals surface area (Å²) in [6.07, 6.45) is 0. The van der Waals surface area contributed by atoms with Gasteiger partial charge < -0.3 is 5.32 Å². The molecule has 1 aromatic heterocycles. The van der Waals surface area contributed by atoms with Crippen molar-refractivity contribution in [3.05, 3.63) is 76.4 Å². The van der Waals surface area contributed by atoms with E-state index < -0.39 is 0 Å². The first-order valence-corrected chi connectivity index (χ1v) is 8.19. The Morgan fingerprint density at radius 3 is 1.78 bits per heavy atom. The molecule has 0 aliphatic carbocycles. The van der Waals surface area contributed by atoms with Crippen molar-refractivity contribution >= 4 is 68.2 Å². The van der Waals surface area contributed by atoms with Crippen LogP contribution in [0.25, 0.3) is 21.8 Å². The Hall–Kier alpha value is -1.85. The van der Waals surface area contributed by atoms with E-state index in [1.165, 1.54) is 3.57 Å². The van der Waals surface area contributed by atoms with Gasteiger partial charge in [0.05, 0.1) is 16.7 Å². The van der Waals surface area contributed by atoms with Gasteiger partial charge in [-0.15, -0.1) is 12.4 Å². The Kier molecular flexibility index (Phi) is 4.68. The highest BCUT2D eigenvalue weighted by Gasteiger charge is 2.08. The number of fused-ring (bicyclic) bond motifs is 2. The van der Waals surface area contributed by atoms with Crippen LogP contribution in [0.2, 0.25) is 0 Å². The van der Waals surface area contributed by atoms with Crippen molar-refractivity contribution in [2.45, 2.75) is 0 Å². The zero-order valence-electron chi connectivity index (χ0n) is 12.2. The maximum atomic E-state index is 4.75. The lowest BCUT2D eigenvalue weighted by molar-refractivity contribution is 1.48. The highest BCUT2D eigenvalue weighted by molar-refractivity contribution is 14.1. The molecule has 0 saturated carbocycles. The fourth-order valence-corrected chi connectivity index (χ4v) is 3.01. The molecule has 4 aromatic rings. The Balaban J connectivity index is 0.00000156. The van der Waals surface area contributed by atoms with Crippen molar-refractivity contribution in [2.24, 2.45) is 0 Å². The predicted octanol–water partition coefficient (Wildman–Crippen LogP) is 6.16. The number of nitrogens with zero attached hydrogens (tertiary/aromatic N) is 1. The van der Waals surface area contributed by atoms with E-state index in [1.807, 2.05) is 12.1 Å². The minimum Gasteiger partial charge on any atom is -0.354 e. The number of aromatic nitrogens is 1. The number of benzene rings is 3. The first-order chi connectivity index (χ1) is 10.8. The first kappa shape index (κ1) is 16.0. The molecule has 4 heteroatoms. The van der Waals surface area contributed by atoms with Gasteiger partial charge in [-0.25, -0.2) is 4.98 Å². The number of pyridine rings is 1. The molecule has 0 spiro atoms.